The lowest BCUT2D eigenvalue weighted by Crippen LogP contribution is -2.24. The number of benzene rings is 1. The summed E-state index contributed by atoms with van der Waals surface area (Å²) in [5.74, 6) is -4.07. The number of ketones is 2. The van der Waals surface area contributed by atoms with E-state index in [1.54, 1.807) is 35.8 Å². The number of primary amides is 1. The SMILES string of the molecule is CCC(=O)C(=O)Oc1nc(C)cn2c(Cc3ccccc3-c3cccs3)c(CC)c(C(=O)C(N)=O)c12. The summed E-state index contributed by atoms with van der Waals surface area (Å²) in [5, 5.41) is 2.01. The Labute approximate surface area is 211 Å². The summed E-state index contributed by atoms with van der Waals surface area (Å²) in [6.45, 7) is 5.12. The van der Waals surface area contributed by atoms with E-state index in [9.17, 15) is 19.2 Å². The molecule has 9 heteroatoms. The molecule has 36 heavy (non-hydrogen) atoms. The summed E-state index contributed by atoms with van der Waals surface area (Å²) in [4.78, 5) is 54.8. The molecule has 4 aromatic rings. The van der Waals surface area contributed by atoms with Gasteiger partial charge in [0.2, 0.25) is 11.7 Å². The molecular weight excluding hydrogens is 478 g/mol. The van der Waals surface area contributed by atoms with Crippen molar-refractivity contribution in [3.63, 3.8) is 0 Å². The second-order valence-corrected chi connectivity index (χ2v) is 9.18. The van der Waals surface area contributed by atoms with Crippen LogP contribution in [0.2, 0.25) is 0 Å². The number of nitrogens with zero attached hydrogens (tertiary/aromatic N) is 2. The number of aromatic nitrogens is 2. The number of aryl methyl sites for hydroxylation is 1. The third-order valence-corrected chi connectivity index (χ3v) is 6.82. The number of fused-ring (bicyclic) bond motifs is 1. The second kappa shape index (κ2) is 10.2. The molecule has 4 rings (SSSR count). The van der Waals surface area contributed by atoms with Gasteiger partial charge in [-0.3, -0.25) is 14.4 Å². The number of carbonyl (C=O) groups is 4. The molecule has 3 aromatic heterocycles. The molecule has 0 unspecified atom stereocenters. The van der Waals surface area contributed by atoms with Crippen LogP contribution >= 0.6 is 11.3 Å². The third kappa shape index (κ3) is 4.57. The molecule has 0 atom stereocenters. The van der Waals surface area contributed by atoms with Crippen molar-refractivity contribution in [2.24, 2.45) is 5.73 Å². The molecule has 1 amide bonds. The van der Waals surface area contributed by atoms with Gasteiger partial charge < -0.3 is 14.9 Å². The van der Waals surface area contributed by atoms with Crippen molar-refractivity contribution in [2.75, 3.05) is 0 Å². The van der Waals surface area contributed by atoms with Gasteiger partial charge in [0.15, 0.2) is 0 Å². The van der Waals surface area contributed by atoms with Gasteiger partial charge in [-0.2, -0.15) is 0 Å². The van der Waals surface area contributed by atoms with Gasteiger partial charge in [-0.15, -0.1) is 11.3 Å². The van der Waals surface area contributed by atoms with Crippen LogP contribution < -0.4 is 10.5 Å². The fourth-order valence-electron chi connectivity index (χ4n) is 4.30. The van der Waals surface area contributed by atoms with E-state index in [1.807, 2.05) is 48.7 Å². The predicted octanol–water partition coefficient (Wildman–Crippen LogP) is 4.08. The monoisotopic (exact) mass is 503 g/mol. The van der Waals surface area contributed by atoms with Crippen molar-refractivity contribution in [1.82, 2.24) is 9.38 Å². The first-order valence-electron chi connectivity index (χ1n) is 11.5. The molecule has 8 nitrogen and oxygen atoms in total. The normalized spacial score (nSPS) is 11.0. The van der Waals surface area contributed by atoms with Gasteiger partial charge in [-0.25, -0.2) is 9.78 Å². The van der Waals surface area contributed by atoms with Crippen LogP contribution in [0, 0.1) is 6.92 Å². The zero-order chi connectivity index (χ0) is 26.0. The number of hydrogen-bond acceptors (Lipinski definition) is 7. The molecule has 0 saturated heterocycles. The number of amides is 1. The number of thiophene rings is 1. The highest BCUT2D eigenvalue weighted by molar-refractivity contribution is 7.13. The minimum absolute atomic E-state index is 0.0350. The van der Waals surface area contributed by atoms with Crippen LogP contribution in [0.5, 0.6) is 5.88 Å². The van der Waals surface area contributed by atoms with Gasteiger partial charge in [0.1, 0.15) is 5.52 Å². The molecule has 0 bridgehead atoms. The molecule has 184 valence electrons. The fraction of sp³-hybridized carbons (Fsp3) is 0.222. The average Bonchev–Trinajstić information content (AvgIpc) is 3.50. The quantitative estimate of drug-likeness (QED) is 0.209. The topological polar surface area (TPSA) is 121 Å². The Bertz CT molecular complexity index is 1500. The Morgan fingerprint density at radius 1 is 1.08 bits per heavy atom. The van der Waals surface area contributed by atoms with Crippen LogP contribution in [0.15, 0.2) is 48.0 Å². The average molecular weight is 504 g/mol. The molecule has 1 aromatic carbocycles. The minimum Gasteiger partial charge on any atom is -0.399 e. The summed E-state index contributed by atoms with van der Waals surface area (Å²) in [6.07, 6.45) is 2.51. The summed E-state index contributed by atoms with van der Waals surface area (Å²) in [6, 6.07) is 12.0. The Kier molecular flexibility index (Phi) is 7.12. The number of hydrogen-bond donors (Lipinski definition) is 1. The largest absolute Gasteiger partial charge is 0.399 e. The van der Waals surface area contributed by atoms with Crippen LogP contribution in [0.3, 0.4) is 0 Å². The van der Waals surface area contributed by atoms with E-state index in [-0.39, 0.29) is 23.4 Å². The van der Waals surface area contributed by atoms with E-state index in [1.165, 1.54) is 0 Å². The summed E-state index contributed by atoms with van der Waals surface area (Å²) in [5.41, 5.74) is 9.49. The molecule has 0 aliphatic heterocycles. The Morgan fingerprint density at radius 3 is 2.47 bits per heavy atom. The highest BCUT2D eigenvalue weighted by Crippen LogP contribution is 2.35. The molecule has 0 aliphatic rings. The van der Waals surface area contributed by atoms with Crippen molar-refractivity contribution < 1.29 is 23.9 Å². The van der Waals surface area contributed by atoms with E-state index in [2.05, 4.69) is 4.98 Å². The lowest BCUT2D eigenvalue weighted by molar-refractivity contribution is -0.147. The van der Waals surface area contributed by atoms with E-state index in [0.717, 1.165) is 21.7 Å². The predicted molar refractivity (Wildman–Crippen MR) is 136 cm³/mol. The minimum atomic E-state index is -1.13. The van der Waals surface area contributed by atoms with E-state index in [0.29, 0.717) is 24.1 Å². The zero-order valence-electron chi connectivity index (χ0n) is 20.2. The Morgan fingerprint density at radius 2 is 1.83 bits per heavy atom. The molecule has 0 spiro atoms. The maximum atomic E-state index is 13.0. The lowest BCUT2D eigenvalue weighted by atomic mass is 9.96. The van der Waals surface area contributed by atoms with Gasteiger partial charge in [0, 0.05) is 29.6 Å². The smallest absolute Gasteiger partial charge is 0.381 e. The molecule has 0 saturated carbocycles. The molecule has 0 fully saturated rings. The van der Waals surface area contributed by atoms with Crippen molar-refractivity contribution >= 4 is 40.3 Å². The number of ether oxygens (including phenoxy) is 1. The molecular formula is C27H25N3O5S. The van der Waals surface area contributed by atoms with E-state index in [4.69, 9.17) is 10.5 Å². The summed E-state index contributed by atoms with van der Waals surface area (Å²) in [7, 11) is 0. The standard InChI is InChI=1S/C27H25N3O5S/c1-4-17-19(13-16-9-6-7-10-18(16)21-11-8-12-36-21)30-14-15(3)29-26(35-27(34)20(31)5-2)23(30)22(17)24(32)25(28)33/h6-12,14H,4-5,13H2,1-3H3,(H2,28,33). The zero-order valence-corrected chi connectivity index (χ0v) is 21.0. The summed E-state index contributed by atoms with van der Waals surface area (Å²) < 4.78 is 7.08. The number of Topliss-reactive ketones (excluding diaryl/α,β-unsaturated/α-hetero) is 2. The fourth-order valence-corrected chi connectivity index (χ4v) is 5.08. The van der Waals surface area contributed by atoms with Crippen LogP contribution in [-0.2, 0) is 27.2 Å². The first-order chi connectivity index (χ1) is 17.3. The molecule has 3 heterocycles. The first-order valence-corrected chi connectivity index (χ1v) is 12.4. The second-order valence-electron chi connectivity index (χ2n) is 8.23. The van der Waals surface area contributed by atoms with Crippen molar-refractivity contribution in [3.8, 4) is 16.3 Å². The van der Waals surface area contributed by atoms with Gasteiger partial charge in [0.25, 0.3) is 11.7 Å². The maximum absolute atomic E-state index is 13.0. The Balaban J connectivity index is 1.99. The van der Waals surface area contributed by atoms with Crippen molar-refractivity contribution in [1.29, 1.82) is 0 Å². The van der Waals surface area contributed by atoms with Crippen molar-refractivity contribution in [2.45, 2.75) is 40.0 Å². The highest BCUT2D eigenvalue weighted by Gasteiger charge is 2.30. The Hall–Kier alpha value is -4.11. The number of nitrogens with two attached hydrogens (primary N) is 1. The summed E-state index contributed by atoms with van der Waals surface area (Å²) >= 11 is 1.62. The molecule has 0 radical (unpaired) electrons. The third-order valence-electron chi connectivity index (χ3n) is 5.92. The van der Waals surface area contributed by atoms with Gasteiger partial charge in [-0.1, -0.05) is 44.2 Å². The first kappa shape index (κ1) is 25.0. The van der Waals surface area contributed by atoms with Crippen LogP contribution in [0.25, 0.3) is 16.0 Å². The van der Waals surface area contributed by atoms with E-state index >= 15 is 0 Å². The van der Waals surface area contributed by atoms with Crippen LogP contribution in [0.1, 0.15) is 53.1 Å². The lowest BCUT2D eigenvalue weighted by Gasteiger charge is -2.12. The molecule has 2 N–H and O–H groups in total. The van der Waals surface area contributed by atoms with Crippen LogP contribution in [0.4, 0.5) is 0 Å². The number of carbonyl (C=O) groups excluding carboxylic acids is 4. The number of rotatable bonds is 9. The van der Waals surface area contributed by atoms with Gasteiger partial charge >= 0.3 is 5.97 Å². The highest BCUT2D eigenvalue weighted by atomic mass is 32.1. The van der Waals surface area contributed by atoms with Crippen LogP contribution in [-0.4, -0.2) is 32.8 Å². The van der Waals surface area contributed by atoms with Crippen molar-refractivity contribution in [3.05, 3.63) is 76.1 Å². The van der Waals surface area contributed by atoms with Gasteiger partial charge in [0.05, 0.1) is 11.3 Å². The number of esters is 1. The van der Waals surface area contributed by atoms with E-state index < -0.39 is 23.4 Å². The van der Waals surface area contributed by atoms with Gasteiger partial charge in [-0.05, 0) is 41.5 Å². The molecule has 0 aliphatic carbocycles. The maximum Gasteiger partial charge on any atom is 0.381 e.